The molecule has 0 saturated carbocycles. The maximum atomic E-state index is 12.8. The van der Waals surface area contributed by atoms with Crippen LogP contribution in [0.4, 0.5) is 0 Å². The number of hydrogen-bond acceptors (Lipinski definition) is 5. The van der Waals surface area contributed by atoms with Crippen LogP contribution < -0.4 is 9.47 Å². The molecule has 2 aromatic carbocycles. The van der Waals surface area contributed by atoms with Crippen molar-refractivity contribution in [2.24, 2.45) is 0 Å². The largest absolute Gasteiger partial charge is 0.497 e. The van der Waals surface area contributed by atoms with Gasteiger partial charge in [0.25, 0.3) is 0 Å². The zero-order chi connectivity index (χ0) is 22.2. The number of ether oxygens (including phenoxy) is 2. The molecule has 7 heteroatoms. The Balaban J connectivity index is 1.79. The van der Waals surface area contributed by atoms with Gasteiger partial charge in [-0.05, 0) is 54.6 Å². The molecule has 1 heterocycles. The molecule has 0 unspecified atom stereocenters. The monoisotopic (exact) mass is 418 g/mol. The first-order chi connectivity index (χ1) is 15.0. The van der Waals surface area contributed by atoms with Crippen LogP contribution in [0.15, 0.2) is 73.5 Å². The van der Waals surface area contributed by atoms with Crippen molar-refractivity contribution in [1.29, 1.82) is 0 Å². The molecule has 1 N–H and O–H groups in total. The first-order valence-corrected chi connectivity index (χ1v) is 9.48. The number of Topliss-reactive ketones (excluding diaryl/α,β-unsaturated/α-hetero) is 1. The summed E-state index contributed by atoms with van der Waals surface area (Å²) in [6, 6.07) is 13.0. The van der Waals surface area contributed by atoms with Crippen molar-refractivity contribution in [3.8, 4) is 11.5 Å². The van der Waals surface area contributed by atoms with E-state index in [-0.39, 0.29) is 24.5 Å². The second kappa shape index (κ2) is 10.1. The number of carboxylic acid groups (broad SMARTS) is 1. The van der Waals surface area contributed by atoms with Crippen molar-refractivity contribution in [2.45, 2.75) is 13.2 Å². The lowest BCUT2D eigenvalue weighted by Gasteiger charge is -2.11. The van der Waals surface area contributed by atoms with Crippen molar-refractivity contribution in [1.82, 2.24) is 9.55 Å². The molecule has 0 saturated heterocycles. The summed E-state index contributed by atoms with van der Waals surface area (Å²) in [7, 11) is 1.57. The summed E-state index contributed by atoms with van der Waals surface area (Å²) in [6.45, 7) is 3.87. The third kappa shape index (κ3) is 5.48. The number of aromatic nitrogens is 2. The van der Waals surface area contributed by atoms with E-state index in [1.807, 2.05) is 6.08 Å². The van der Waals surface area contributed by atoms with Crippen molar-refractivity contribution in [2.75, 3.05) is 7.11 Å². The minimum atomic E-state index is -1.00. The molecule has 0 amide bonds. The van der Waals surface area contributed by atoms with Crippen LogP contribution in [0, 0.1) is 0 Å². The van der Waals surface area contributed by atoms with Crippen LogP contribution in [0.25, 0.3) is 6.08 Å². The third-order valence-corrected chi connectivity index (χ3v) is 4.56. The van der Waals surface area contributed by atoms with E-state index < -0.39 is 5.97 Å². The van der Waals surface area contributed by atoms with Crippen LogP contribution in [0.3, 0.4) is 0 Å². The number of methoxy groups -OCH3 is 1. The standard InChI is InChI=1S/C24H22N2O5/c1-3-4-5-19-14-25-23(16-31-21-12-8-18(9-13-21)24(28)29)26(19)15-22(27)17-6-10-20(30-2)11-7-17/h3-14H,1,15-16H2,2H3,(H,28,29)/b5-4-. The van der Waals surface area contributed by atoms with Crippen molar-refractivity contribution in [3.63, 3.8) is 0 Å². The van der Waals surface area contributed by atoms with E-state index in [1.54, 1.807) is 66.4 Å². The Morgan fingerprint density at radius 3 is 2.32 bits per heavy atom. The molecule has 31 heavy (non-hydrogen) atoms. The number of imidazole rings is 1. The van der Waals surface area contributed by atoms with E-state index in [9.17, 15) is 9.59 Å². The molecular weight excluding hydrogens is 396 g/mol. The lowest BCUT2D eigenvalue weighted by molar-refractivity contribution is 0.0696. The number of aromatic carboxylic acids is 1. The van der Waals surface area contributed by atoms with Crippen molar-refractivity contribution in [3.05, 3.63) is 96.1 Å². The number of carboxylic acids is 1. The van der Waals surface area contributed by atoms with Gasteiger partial charge in [0.1, 0.15) is 23.9 Å². The van der Waals surface area contributed by atoms with Gasteiger partial charge >= 0.3 is 5.97 Å². The van der Waals surface area contributed by atoms with Crippen molar-refractivity contribution >= 4 is 17.8 Å². The fourth-order valence-electron chi connectivity index (χ4n) is 2.88. The summed E-state index contributed by atoms with van der Waals surface area (Å²) in [4.78, 5) is 28.2. The zero-order valence-electron chi connectivity index (χ0n) is 17.0. The molecule has 7 nitrogen and oxygen atoms in total. The zero-order valence-corrected chi connectivity index (χ0v) is 17.0. The first kappa shape index (κ1) is 21.6. The maximum Gasteiger partial charge on any atom is 0.335 e. The molecule has 0 aliphatic carbocycles. The minimum Gasteiger partial charge on any atom is -0.497 e. The highest BCUT2D eigenvalue weighted by Crippen LogP contribution is 2.17. The second-order valence-electron chi connectivity index (χ2n) is 6.55. The van der Waals surface area contributed by atoms with Gasteiger partial charge in [0.2, 0.25) is 0 Å². The normalized spacial score (nSPS) is 10.7. The molecule has 3 aromatic rings. The van der Waals surface area contributed by atoms with Gasteiger partial charge < -0.3 is 19.1 Å². The topological polar surface area (TPSA) is 90.6 Å². The van der Waals surface area contributed by atoms with Gasteiger partial charge in [-0.3, -0.25) is 4.79 Å². The summed E-state index contributed by atoms with van der Waals surface area (Å²) < 4.78 is 12.7. The molecule has 0 spiro atoms. The Morgan fingerprint density at radius 1 is 1.06 bits per heavy atom. The molecule has 1 aromatic heterocycles. The van der Waals surface area contributed by atoms with E-state index in [1.165, 1.54) is 12.1 Å². The van der Waals surface area contributed by atoms with Crippen molar-refractivity contribution < 1.29 is 24.2 Å². The van der Waals surface area contributed by atoms with E-state index in [0.29, 0.717) is 22.9 Å². The van der Waals surface area contributed by atoms with Gasteiger partial charge in [-0.25, -0.2) is 9.78 Å². The number of allylic oxidation sites excluding steroid dienone is 2. The number of ketones is 1. The highest BCUT2D eigenvalue weighted by atomic mass is 16.5. The SMILES string of the molecule is C=C/C=C\c1cnc(COc2ccc(C(=O)O)cc2)n1CC(=O)c1ccc(OC)cc1. The quantitative estimate of drug-likeness (QED) is 0.391. The summed E-state index contributed by atoms with van der Waals surface area (Å²) in [6.07, 6.45) is 6.88. The average molecular weight is 418 g/mol. The smallest absolute Gasteiger partial charge is 0.335 e. The molecule has 0 fully saturated rings. The van der Waals surface area contributed by atoms with Crippen LogP contribution in [-0.4, -0.2) is 33.5 Å². The Morgan fingerprint density at radius 2 is 1.71 bits per heavy atom. The van der Waals surface area contributed by atoms with Crippen LogP contribution in [0.1, 0.15) is 32.2 Å². The van der Waals surface area contributed by atoms with Crippen LogP contribution in [0.2, 0.25) is 0 Å². The highest BCUT2D eigenvalue weighted by molar-refractivity contribution is 5.96. The van der Waals surface area contributed by atoms with Gasteiger partial charge in [0, 0.05) is 5.56 Å². The predicted octanol–water partition coefficient (Wildman–Crippen LogP) is 4.25. The highest BCUT2D eigenvalue weighted by Gasteiger charge is 2.14. The van der Waals surface area contributed by atoms with Gasteiger partial charge in [0.15, 0.2) is 5.78 Å². The van der Waals surface area contributed by atoms with E-state index in [2.05, 4.69) is 11.6 Å². The van der Waals surface area contributed by atoms with Gasteiger partial charge in [-0.2, -0.15) is 0 Å². The summed E-state index contributed by atoms with van der Waals surface area (Å²) in [5.74, 6) is 0.660. The van der Waals surface area contributed by atoms with E-state index in [4.69, 9.17) is 14.6 Å². The van der Waals surface area contributed by atoms with Crippen LogP contribution >= 0.6 is 0 Å². The molecule has 0 aliphatic rings. The number of carbonyl (C=O) groups excluding carboxylic acids is 1. The van der Waals surface area contributed by atoms with Gasteiger partial charge in [-0.1, -0.05) is 18.7 Å². The lowest BCUT2D eigenvalue weighted by Crippen LogP contribution is -2.16. The fourth-order valence-corrected chi connectivity index (χ4v) is 2.88. The molecule has 0 aliphatic heterocycles. The summed E-state index contributed by atoms with van der Waals surface area (Å²) in [5.41, 5.74) is 1.47. The third-order valence-electron chi connectivity index (χ3n) is 4.56. The maximum absolute atomic E-state index is 12.8. The molecular formula is C24H22N2O5. The minimum absolute atomic E-state index is 0.0824. The first-order valence-electron chi connectivity index (χ1n) is 9.48. The Labute approximate surface area is 179 Å². The molecule has 0 radical (unpaired) electrons. The van der Waals surface area contributed by atoms with Gasteiger partial charge in [-0.15, -0.1) is 0 Å². The Hall–Kier alpha value is -4.13. The Kier molecular flexibility index (Phi) is 7.01. The second-order valence-corrected chi connectivity index (χ2v) is 6.55. The van der Waals surface area contributed by atoms with Crippen LogP contribution in [0.5, 0.6) is 11.5 Å². The van der Waals surface area contributed by atoms with Gasteiger partial charge in [0.05, 0.1) is 31.1 Å². The molecule has 0 atom stereocenters. The lowest BCUT2D eigenvalue weighted by atomic mass is 10.1. The molecule has 158 valence electrons. The average Bonchev–Trinajstić information content (AvgIpc) is 3.17. The number of rotatable bonds is 10. The van der Waals surface area contributed by atoms with Crippen LogP contribution in [-0.2, 0) is 13.2 Å². The Bertz CT molecular complexity index is 1100. The molecule has 0 bridgehead atoms. The number of carbonyl (C=O) groups is 2. The van der Waals surface area contributed by atoms with E-state index in [0.717, 1.165) is 5.69 Å². The predicted molar refractivity (Wildman–Crippen MR) is 117 cm³/mol. The number of hydrogen-bond donors (Lipinski definition) is 1. The number of nitrogens with zero attached hydrogens (tertiary/aromatic N) is 2. The summed E-state index contributed by atoms with van der Waals surface area (Å²) >= 11 is 0. The van der Waals surface area contributed by atoms with E-state index >= 15 is 0 Å². The molecule has 3 rings (SSSR count). The summed E-state index contributed by atoms with van der Waals surface area (Å²) in [5, 5.41) is 8.99. The number of benzene rings is 2. The fraction of sp³-hybridized carbons (Fsp3) is 0.125.